The topological polar surface area (TPSA) is 58.8 Å². The standard InChI is InChI=1S/C23H35N3O2/c1-16(2)19(17-6-8-18(9-7-17)23(24)10-11-23)25-12-22(13-25)14-26(15-22)20(27)28-21(3,4)5/h6-9,16,19H,10-15,24H2,1-5H3. The Hall–Kier alpha value is -1.59. The Morgan fingerprint density at radius 1 is 1.07 bits per heavy atom. The lowest BCUT2D eigenvalue weighted by Gasteiger charge is -2.62. The molecule has 1 atom stereocenters. The number of carbonyl (C=O) groups is 1. The van der Waals surface area contributed by atoms with Gasteiger partial charge in [-0.15, -0.1) is 0 Å². The van der Waals surface area contributed by atoms with Crippen LogP contribution in [0.1, 0.15) is 64.6 Å². The Bertz CT molecular complexity index is 732. The number of carbonyl (C=O) groups excluding carboxylic acids is 1. The molecule has 154 valence electrons. The third-order valence-electron chi connectivity index (χ3n) is 6.42. The van der Waals surface area contributed by atoms with Gasteiger partial charge in [-0.1, -0.05) is 38.1 Å². The van der Waals surface area contributed by atoms with E-state index in [2.05, 4.69) is 43.0 Å². The van der Waals surface area contributed by atoms with Gasteiger partial charge in [0, 0.05) is 43.2 Å². The van der Waals surface area contributed by atoms with E-state index < -0.39 is 5.60 Å². The number of nitrogens with zero attached hydrogens (tertiary/aromatic N) is 2. The Balaban J connectivity index is 1.35. The van der Waals surface area contributed by atoms with Crippen LogP contribution in [0.25, 0.3) is 0 Å². The number of ether oxygens (including phenoxy) is 1. The van der Waals surface area contributed by atoms with Crippen molar-refractivity contribution in [1.29, 1.82) is 0 Å². The molecule has 1 amide bonds. The first-order chi connectivity index (χ1) is 13.0. The van der Waals surface area contributed by atoms with Crippen LogP contribution in [0.4, 0.5) is 4.79 Å². The molecule has 2 heterocycles. The normalized spacial score (nSPS) is 23.9. The van der Waals surface area contributed by atoms with Crippen molar-refractivity contribution in [2.24, 2.45) is 17.1 Å². The Kier molecular flexibility index (Phi) is 4.55. The van der Waals surface area contributed by atoms with Gasteiger partial charge in [0.1, 0.15) is 5.60 Å². The van der Waals surface area contributed by atoms with Crippen LogP contribution in [0.2, 0.25) is 0 Å². The Labute approximate surface area is 169 Å². The molecule has 1 aromatic carbocycles. The van der Waals surface area contributed by atoms with Gasteiger partial charge in [0.15, 0.2) is 0 Å². The van der Waals surface area contributed by atoms with Gasteiger partial charge in [0.05, 0.1) is 0 Å². The van der Waals surface area contributed by atoms with Crippen molar-refractivity contribution in [3.05, 3.63) is 35.4 Å². The molecule has 3 aliphatic rings. The number of hydrogen-bond donors (Lipinski definition) is 1. The van der Waals surface area contributed by atoms with Crippen molar-refractivity contribution in [3.63, 3.8) is 0 Å². The minimum atomic E-state index is -0.428. The van der Waals surface area contributed by atoms with Crippen molar-refractivity contribution < 1.29 is 9.53 Å². The Morgan fingerprint density at radius 3 is 2.11 bits per heavy atom. The van der Waals surface area contributed by atoms with Crippen LogP contribution < -0.4 is 5.73 Å². The highest BCUT2D eigenvalue weighted by Gasteiger charge is 2.55. The zero-order valence-corrected chi connectivity index (χ0v) is 18.0. The third-order valence-corrected chi connectivity index (χ3v) is 6.42. The van der Waals surface area contributed by atoms with Crippen LogP contribution in [-0.4, -0.2) is 47.7 Å². The SMILES string of the molecule is CC(C)C(c1ccc(C2(N)CC2)cc1)N1CC2(CN(C(=O)OC(C)(C)C)C2)C1. The van der Waals surface area contributed by atoms with Crippen LogP contribution in [0.15, 0.2) is 24.3 Å². The molecule has 1 saturated carbocycles. The minimum absolute atomic E-state index is 0.0658. The summed E-state index contributed by atoms with van der Waals surface area (Å²) in [7, 11) is 0. The maximum absolute atomic E-state index is 12.2. The highest BCUT2D eigenvalue weighted by molar-refractivity contribution is 5.69. The lowest BCUT2D eigenvalue weighted by molar-refractivity contribution is -0.133. The second kappa shape index (κ2) is 6.46. The highest BCUT2D eigenvalue weighted by Crippen LogP contribution is 2.47. The van der Waals surface area contributed by atoms with E-state index in [0.29, 0.717) is 12.0 Å². The summed E-state index contributed by atoms with van der Waals surface area (Å²) in [6.45, 7) is 14.1. The van der Waals surface area contributed by atoms with Gasteiger partial charge in [-0.05, 0) is 50.7 Å². The number of rotatable bonds is 4. The first kappa shape index (κ1) is 19.7. The van der Waals surface area contributed by atoms with E-state index in [-0.39, 0.29) is 17.0 Å². The van der Waals surface area contributed by atoms with Crippen LogP contribution >= 0.6 is 0 Å². The molecular weight excluding hydrogens is 350 g/mol. The molecule has 0 bridgehead atoms. The number of amides is 1. The monoisotopic (exact) mass is 385 g/mol. The fraction of sp³-hybridized carbons (Fsp3) is 0.696. The molecule has 3 fully saturated rings. The Morgan fingerprint density at radius 2 is 1.64 bits per heavy atom. The number of benzene rings is 1. The summed E-state index contributed by atoms with van der Waals surface area (Å²) in [5.74, 6) is 0.540. The van der Waals surface area contributed by atoms with Gasteiger partial charge in [-0.25, -0.2) is 4.79 Å². The fourth-order valence-corrected chi connectivity index (χ4v) is 4.88. The number of nitrogens with two attached hydrogens (primary N) is 1. The van der Waals surface area contributed by atoms with Crippen LogP contribution in [0.3, 0.4) is 0 Å². The van der Waals surface area contributed by atoms with E-state index in [1.807, 2.05) is 25.7 Å². The minimum Gasteiger partial charge on any atom is -0.444 e. The van der Waals surface area contributed by atoms with Crippen molar-refractivity contribution >= 4 is 6.09 Å². The maximum atomic E-state index is 12.2. The molecule has 2 N–H and O–H groups in total. The zero-order chi connectivity index (χ0) is 20.3. The first-order valence-electron chi connectivity index (χ1n) is 10.6. The number of likely N-dealkylation sites (tertiary alicyclic amines) is 2. The summed E-state index contributed by atoms with van der Waals surface area (Å²) in [5.41, 5.74) is 8.75. The van der Waals surface area contributed by atoms with Crippen LogP contribution in [0, 0.1) is 11.3 Å². The molecule has 5 heteroatoms. The molecule has 5 nitrogen and oxygen atoms in total. The highest BCUT2D eigenvalue weighted by atomic mass is 16.6. The molecule has 4 rings (SSSR count). The number of hydrogen-bond acceptors (Lipinski definition) is 4. The molecule has 1 aromatic rings. The van der Waals surface area contributed by atoms with Gasteiger partial charge >= 0.3 is 6.09 Å². The molecule has 2 saturated heterocycles. The third kappa shape index (κ3) is 3.67. The van der Waals surface area contributed by atoms with Gasteiger partial charge < -0.3 is 15.4 Å². The molecule has 0 radical (unpaired) electrons. The van der Waals surface area contributed by atoms with Gasteiger partial charge in [0.2, 0.25) is 0 Å². The van der Waals surface area contributed by atoms with Gasteiger partial charge in [-0.3, -0.25) is 4.90 Å². The van der Waals surface area contributed by atoms with Crippen molar-refractivity contribution in [1.82, 2.24) is 9.80 Å². The summed E-state index contributed by atoms with van der Waals surface area (Å²) in [6.07, 6.45) is 2.02. The van der Waals surface area contributed by atoms with Gasteiger partial charge in [-0.2, -0.15) is 0 Å². The van der Waals surface area contributed by atoms with Gasteiger partial charge in [0.25, 0.3) is 0 Å². The molecule has 1 spiro atoms. The average molecular weight is 386 g/mol. The molecule has 1 unspecified atom stereocenters. The summed E-state index contributed by atoms with van der Waals surface area (Å²) in [5, 5.41) is 0. The maximum Gasteiger partial charge on any atom is 0.410 e. The lowest BCUT2D eigenvalue weighted by atomic mass is 9.71. The second-order valence-electron chi connectivity index (χ2n) is 10.7. The molecule has 2 aliphatic heterocycles. The first-order valence-corrected chi connectivity index (χ1v) is 10.6. The molecule has 1 aliphatic carbocycles. The van der Waals surface area contributed by atoms with Crippen molar-refractivity contribution in [3.8, 4) is 0 Å². The quantitative estimate of drug-likeness (QED) is 0.854. The van der Waals surface area contributed by atoms with Crippen molar-refractivity contribution in [2.75, 3.05) is 26.2 Å². The predicted molar refractivity (Wildman–Crippen MR) is 111 cm³/mol. The molecule has 0 aromatic heterocycles. The smallest absolute Gasteiger partial charge is 0.410 e. The van der Waals surface area contributed by atoms with E-state index in [9.17, 15) is 4.79 Å². The molecular formula is C23H35N3O2. The predicted octanol–water partition coefficient (Wildman–Crippen LogP) is 3.88. The largest absolute Gasteiger partial charge is 0.444 e. The average Bonchev–Trinajstić information content (AvgIpc) is 3.25. The van der Waals surface area contributed by atoms with E-state index in [1.54, 1.807) is 0 Å². The summed E-state index contributed by atoms with van der Waals surface area (Å²) in [4.78, 5) is 16.6. The second-order valence-corrected chi connectivity index (χ2v) is 10.7. The van der Waals surface area contributed by atoms with E-state index in [1.165, 1.54) is 11.1 Å². The van der Waals surface area contributed by atoms with Crippen LogP contribution in [-0.2, 0) is 10.3 Å². The van der Waals surface area contributed by atoms with Crippen LogP contribution in [0.5, 0.6) is 0 Å². The zero-order valence-electron chi connectivity index (χ0n) is 18.0. The summed E-state index contributed by atoms with van der Waals surface area (Å²) in [6, 6.07) is 9.40. The lowest BCUT2D eigenvalue weighted by Crippen LogP contribution is -2.73. The van der Waals surface area contributed by atoms with E-state index in [4.69, 9.17) is 10.5 Å². The van der Waals surface area contributed by atoms with E-state index >= 15 is 0 Å². The summed E-state index contributed by atoms with van der Waals surface area (Å²) < 4.78 is 5.49. The van der Waals surface area contributed by atoms with Crippen molar-refractivity contribution in [2.45, 2.75) is 64.6 Å². The summed E-state index contributed by atoms with van der Waals surface area (Å²) >= 11 is 0. The fourth-order valence-electron chi connectivity index (χ4n) is 4.88. The van der Waals surface area contributed by atoms with E-state index in [0.717, 1.165) is 39.0 Å². The molecule has 28 heavy (non-hydrogen) atoms.